The van der Waals surface area contributed by atoms with Crippen LogP contribution < -0.4 is 10.1 Å². The van der Waals surface area contributed by atoms with E-state index in [2.05, 4.69) is 5.32 Å². The van der Waals surface area contributed by atoms with Crippen LogP contribution >= 0.6 is 11.6 Å². The first-order valence-electron chi connectivity index (χ1n) is 6.07. The Hall–Kier alpha value is -0.940. The van der Waals surface area contributed by atoms with E-state index < -0.39 is 9.84 Å². The third kappa shape index (κ3) is 4.28. The topological polar surface area (TPSA) is 55.4 Å². The zero-order chi connectivity index (χ0) is 14.6. The van der Waals surface area contributed by atoms with Gasteiger partial charge in [-0.15, -0.1) is 0 Å². The average molecular weight is 306 g/mol. The molecule has 0 fully saturated rings. The first-order chi connectivity index (χ1) is 8.77. The maximum atomic E-state index is 11.7. The molecular weight excluding hydrogens is 286 g/mol. The van der Waals surface area contributed by atoms with Gasteiger partial charge in [-0.1, -0.05) is 11.6 Å². The molecule has 0 aliphatic carbocycles. The molecule has 0 saturated carbocycles. The third-order valence-electron chi connectivity index (χ3n) is 2.90. The van der Waals surface area contributed by atoms with E-state index in [4.69, 9.17) is 16.3 Å². The Labute approximate surface area is 120 Å². The van der Waals surface area contributed by atoms with Crippen molar-refractivity contribution in [2.24, 2.45) is 0 Å². The van der Waals surface area contributed by atoms with Gasteiger partial charge >= 0.3 is 0 Å². The van der Waals surface area contributed by atoms with Crippen molar-refractivity contribution < 1.29 is 13.2 Å². The Morgan fingerprint density at radius 3 is 2.53 bits per heavy atom. The molecule has 0 aliphatic rings. The van der Waals surface area contributed by atoms with Gasteiger partial charge in [0, 0.05) is 17.6 Å². The fraction of sp³-hybridized carbons (Fsp3) is 0.538. The second-order valence-electron chi connectivity index (χ2n) is 4.64. The van der Waals surface area contributed by atoms with Crippen molar-refractivity contribution in [3.05, 3.63) is 22.7 Å². The normalized spacial score (nSPS) is 11.7. The van der Waals surface area contributed by atoms with E-state index in [0.29, 0.717) is 17.3 Å². The Bertz CT molecular complexity index is 541. The van der Waals surface area contributed by atoms with E-state index in [1.54, 1.807) is 27.0 Å². The molecule has 1 aromatic carbocycles. The molecular formula is C13H20ClNO3S. The van der Waals surface area contributed by atoms with Crippen LogP contribution in [0.1, 0.15) is 19.4 Å². The molecule has 1 rings (SSSR count). The Morgan fingerprint density at radius 2 is 2.00 bits per heavy atom. The van der Waals surface area contributed by atoms with Crippen molar-refractivity contribution in [2.45, 2.75) is 26.0 Å². The van der Waals surface area contributed by atoms with Gasteiger partial charge in [-0.3, -0.25) is 0 Å². The first-order valence-corrected chi connectivity index (χ1v) is 8.17. The summed E-state index contributed by atoms with van der Waals surface area (Å²) in [6, 6.07) is 3.57. The summed E-state index contributed by atoms with van der Waals surface area (Å²) >= 11 is 6.01. The molecule has 0 spiro atoms. The summed E-state index contributed by atoms with van der Waals surface area (Å²) in [5.41, 5.74) is 1.67. The van der Waals surface area contributed by atoms with E-state index in [-0.39, 0.29) is 11.0 Å². The van der Waals surface area contributed by atoms with Gasteiger partial charge in [0.2, 0.25) is 0 Å². The second-order valence-corrected chi connectivity index (χ2v) is 7.73. The summed E-state index contributed by atoms with van der Waals surface area (Å²) in [4.78, 5) is 0. The molecule has 1 aromatic rings. The average Bonchev–Trinajstić information content (AvgIpc) is 2.32. The molecule has 0 amide bonds. The molecule has 19 heavy (non-hydrogen) atoms. The SMILES string of the molecule is COc1cc(Cl)c(C)cc1NCCS(=O)(=O)C(C)C. The summed E-state index contributed by atoms with van der Waals surface area (Å²) in [5, 5.41) is 3.34. The van der Waals surface area contributed by atoms with Crippen molar-refractivity contribution in [1.82, 2.24) is 0 Å². The quantitative estimate of drug-likeness (QED) is 0.878. The van der Waals surface area contributed by atoms with Crippen LogP contribution in [-0.4, -0.2) is 33.1 Å². The van der Waals surface area contributed by atoms with Crippen molar-refractivity contribution in [3.8, 4) is 5.75 Å². The van der Waals surface area contributed by atoms with Crippen LogP contribution in [0.3, 0.4) is 0 Å². The number of halogens is 1. The predicted octanol–water partition coefficient (Wildman–Crippen LogP) is 2.89. The van der Waals surface area contributed by atoms with Crippen molar-refractivity contribution >= 4 is 27.1 Å². The van der Waals surface area contributed by atoms with Crippen LogP contribution in [0.4, 0.5) is 5.69 Å². The van der Waals surface area contributed by atoms with Crippen LogP contribution in [0.2, 0.25) is 5.02 Å². The van der Waals surface area contributed by atoms with Gasteiger partial charge < -0.3 is 10.1 Å². The number of hydrogen-bond donors (Lipinski definition) is 1. The Morgan fingerprint density at radius 1 is 1.37 bits per heavy atom. The van der Waals surface area contributed by atoms with Gasteiger partial charge in [0.05, 0.1) is 23.8 Å². The second kappa shape index (κ2) is 6.48. The molecule has 0 unspecified atom stereocenters. The van der Waals surface area contributed by atoms with Gasteiger partial charge in [-0.2, -0.15) is 0 Å². The summed E-state index contributed by atoms with van der Waals surface area (Å²) in [5.74, 6) is 0.702. The number of ether oxygens (including phenoxy) is 1. The number of anilines is 1. The fourth-order valence-corrected chi connectivity index (χ4v) is 2.55. The highest BCUT2D eigenvalue weighted by atomic mass is 35.5. The zero-order valence-electron chi connectivity index (χ0n) is 11.7. The lowest BCUT2D eigenvalue weighted by Crippen LogP contribution is -2.23. The van der Waals surface area contributed by atoms with Crippen LogP contribution in [-0.2, 0) is 9.84 Å². The van der Waals surface area contributed by atoms with Gasteiger partial charge in [-0.25, -0.2) is 8.42 Å². The smallest absolute Gasteiger partial charge is 0.154 e. The van der Waals surface area contributed by atoms with Gasteiger partial charge in [0.25, 0.3) is 0 Å². The van der Waals surface area contributed by atoms with Gasteiger partial charge in [-0.05, 0) is 32.4 Å². The summed E-state index contributed by atoms with van der Waals surface area (Å²) in [7, 11) is -1.48. The molecule has 0 radical (unpaired) electrons. The summed E-state index contributed by atoms with van der Waals surface area (Å²) in [6.45, 7) is 5.60. The minimum absolute atomic E-state index is 0.0928. The number of hydrogen-bond acceptors (Lipinski definition) is 4. The van der Waals surface area contributed by atoms with Gasteiger partial charge in [0.1, 0.15) is 5.75 Å². The first kappa shape index (κ1) is 16.1. The number of methoxy groups -OCH3 is 1. The van der Waals surface area contributed by atoms with Crippen molar-refractivity contribution in [2.75, 3.05) is 24.7 Å². The molecule has 0 bridgehead atoms. The standard InChI is InChI=1S/C13H20ClNO3S/c1-9(2)19(16,17)6-5-15-12-7-10(3)11(14)8-13(12)18-4/h7-9,15H,5-6H2,1-4H3. The fourth-order valence-electron chi connectivity index (χ4n) is 1.53. The molecule has 0 aromatic heterocycles. The minimum atomic E-state index is -3.04. The highest BCUT2D eigenvalue weighted by Crippen LogP contribution is 2.30. The zero-order valence-corrected chi connectivity index (χ0v) is 13.2. The van der Waals surface area contributed by atoms with E-state index in [9.17, 15) is 8.42 Å². The lowest BCUT2D eigenvalue weighted by Gasteiger charge is -2.14. The Balaban J connectivity index is 2.76. The van der Waals surface area contributed by atoms with Crippen LogP contribution in [0.5, 0.6) is 5.75 Å². The molecule has 6 heteroatoms. The number of aryl methyl sites for hydroxylation is 1. The summed E-state index contributed by atoms with van der Waals surface area (Å²) < 4.78 is 28.6. The maximum absolute atomic E-state index is 11.7. The number of rotatable bonds is 6. The van der Waals surface area contributed by atoms with Crippen LogP contribution in [0.15, 0.2) is 12.1 Å². The van der Waals surface area contributed by atoms with E-state index >= 15 is 0 Å². The van der Waals surface area contributed by atoms with E-state index in [0.717, 1.165) is 11.3 Å². The van der Waals surface area contributed by atoms with Crippen LogP contribution in [0, 0.1) is 6.92 Å². The van der Waals surface area contributed by atoms with Gasteiger partial charge in [0.15, 0.2) is 9.84 Å². The van der Waals surface area contributed by atoms with E-state index in [1.165, 1.54) is 0 Å². The number of sulfone groups is 1. The minimum Gasteiger partial charge on any atom is -0.495 e. The largest absolute Gasteiger partial charge is 0.495 e. The Kier molecular flexibility index (Phi) is 5.50. The van der Waals surface area contributed by atoms with Crippen molar-refractivity contribution in [1.29, 1.82) is 0 Å². The maximum Gasteiger partial charge on any atom is 0.154 e. The highest BCUT2D eigenvalue weighted by Gasteiger charge is 2.15. The van der Waals surface area contributed by atoms with Crippen LogP contribution in [0.25, 0.3) is 0 Å². The highest BCUT2D eigenvalue weighted by molar-refractivity contribution is 7.92. The van der Waals surface area contributed by atoms with Crippen molar-refractivity contribution in [3.63, 3.8) is 0 Å². The lowest BCUT2D eigenvalue weighted by molar-refractivity contribution is 0.416. The molecule has 0 atom stereocenters. The monoisotopic (exact) mass is 305 g/mol. The predicted molar refractivity (Wildman–Crippen MR) is 80.2 cm³/mol. The summed E-state index contributed by atoms with van der Waals surface area (Å²) in [6.07, 6.45) is 0. The lowest BCUT2D eigenvalue weighted by atomic mass is 10.2. The molecule has 0 saturated heterocycles. The molecule has 4 nitrogen and oxygen atoms in total. The van der Waals surface area contributed by atoms with E-state index in [1.807, 2.05) is 13.0 Å². The number of nitrogens with one attached hydrogen (secondary N) is 1. The molecule has 0 heterocycles. The molecule has 1 N–H and O–H groups in total. The number of benzene rings is 1. The molecule has 108 valence electrons. The molecule has 0 aliphatic heterocycles. The third-order valence-corrected chi connectivity index (χ3v) is 5.52.